The summed E-state index contributed by atoms with van der Waals surface area (Å²) in [5.74, 6) is 0.629. The van der Waals surface area contributed by atoms with Gasteiger partial charge in [0.25, 0.3) is 5.69 Å². The molecule has 170 valence electrons. The summed E-state index contributed by atoms with van der Waals surface area (Å²) < 4.78 is 6.90. The number of hydrogen-bond acceptors (Lipinski definition) is 8. The van der Waals surface area contributed by atoms with E-state index < -0.39 is 16.9 Å². The first-order valence-electron chi connectivity index (χ1n) is 10.1. The van der Waals surface area contributed by atoms with Gasteiger partial charge in [-0.3, -0.25) is 10.1 Å². The molecule has 11 heteroatoms. The molecule has 0 saturated heterocycles. The third-order valence-corrected chi connectivity index (χ3v) is 6.19. The van der Waals surface area contributed by atoms with Crippen LogP contribution in [0.3, 0.4) is 0 Å². The Balaban J connectivity index is 1.69. The number of halogens is 1. The lowest BCUT2D eigenvalue weighted by atomic mass is 9.95. The van der Waals surface area contributed by atoms with E-state index >= 15 is 0 Å². The number of hydrogen-bond donors (Lipinski definition) is 1. The van der Waals surface area contributed by atoms with Crippen LogP contribution in [0.2, 0.25) is 5.02 Å². The second kappa shape index (κ2) is 9.63. The van der Waals surface area contributed by atoms with Gasteiger partial charge in [0.1, 0.15) is 6.04 Å². The Kier molecular flexibility index (Phi) is 6.66. The number of nitrogens with one attached hydrogen (secondary N) is 1. The van der Waals surface area contributed by atoms with E-state index in [1.165, 1.54) is 23.9 Å². The molecule has 0 radical (unpaired) electrons. The van der Waals surface area contributed by atoms with Crippen LogP contribution in [0.15, 0.2) is 65.0 Å². The maximum atomic E-state index is 12.8. The molecule has 3 aromatic rings. The molecule has 0 unspecified atom stereocenters. The summed E-state index contributed by atoms with van der Waals surface area (Å²) in [4.78, 5) is 28.0. The van der Waals surface area contributed by atoms with Crippen molar-refractivity contribution in [1.29, 1.82) is 0 Å². The minimum atomic E-state index is -0.640. The largest absolute Gasteiger partial charge is 0.463 e. The first-order valence-corrected chi connectivity index (χ1v) is 11.5. The van der Waals surface area contributed by atoms with Crippen molar-refractivity contribution in [3.05, 3.63) is 86.1 Å². The van der Waals surface area contributed by atoms with Gasteiger partial charge in [0, 0.05) is 28.6 Å². The topological polar surface area (TPSA) is 112 Å². The number of nitro benzene ring substituents is 1. The van der Waals surface area contributed by atoms with E-state index in [1.807, 2.05) is 24.3 Å². The van der Waals surface area contributed by atoms with Gasteiger partial charge in [-0.25, -0.2) is 9.48 Å². The molecule has 0 saturated carbocycles. The molecule has 0 aliphatic carbocycles. The maximum Gasteiger partial charge on any atom is 0.338 e. The number of carbonyl (C=O) groups excluding carboxylic acids is 1. The minimum Gasteiger partial charge on any atom is -0.463 e. The molecule has 4 rings (SSSR count). The zero-order valence-electron chi connectivity index (χ0n) is 17.8. The van der Waals surface area contributed by atoms with Gasteiger partial charge >= 0.3 is 5.97 Å². The van der Waals surface area contributed by atoms with Crippen LogP contribution in [0.5, 0.6) is 0 Å². The van der Waals surface area contributed by atoms with Crippen molar-refractivity contribution in [2.45, 2.75) is 30.8 Å². The van der Waals surface area contributed by atoms with E-state index in [2.05, 4.69) is 15.4 Å². The number of esters is 1. The average Bonchev–Trinajstić information content (AvgIpc) is 3.20. The Morgan fingerprint density at radius 2 is 1.94 bits per heavy atom. The number of fused-ring (bicyclic) bond motifs is 1. The van der Waals surface area contributed by atoms with Gasteiger partial charge < -0.3 is 10.1 Å². The first kappa shape index (κ1) is 22.8. The lowest BCUT2D eigenvalue weighted by Gasteiger charge is -2.28. The number of anilines is 1. The van der Waals surface area contributed by atoms with Crippen molar-refractivity contribution in [2.24, 2.45) is 0 Å². The Hall–Kier alpha value is -3.37. The minimum absolute atomic E-state index is 0.0379. The highest BCUT2D eigenvalue weighted by Crippen LogP contribution is 2.37. The van der Waals surface area contributed by atoms with E-state index in [-0.39, 0.29) is 12.3 Å². The number of aromatic nitrogens is 3. The van der Waals surface area contributed by atoms with Gasteiger partial charge in [-0.15, -0.1) is 5.10 Å². The van der Waals surface area contributed by atoms with Crippen LogP contribution >= 0.6 is 23.4 Å². The zero-order chi connectivity index (χ0) is 23.5. The van der Waals surface area contributed by atoms with Crippen LogP contribution in [0, 0.1) is 10.1 Å². The van der Waals surface area contributed by atoms with E-state index in [9.17, 15) is 14.9 Å². The molecule has 1 aromatic heterocycles. The monoisotopic (exact) mass is 485 g/mol. The second-order valence-corrected chi connectivity index (χ2v) is 8.59. The summed E-state index contributed by atoms with van der Waals surface area (Å²) >= 11 is 7.40. The Morgan fingerprint density at radius 3 is 2.58 bits per heavy atom. The number of carbonyl (C=O) groups is 1. The van der Waals surface area contributed by atoms with Crippen LogP contribution in [-0.2, 0) is 15.3 Å². The number of non-ortho nitro benzene ring substituents is 1. The normalized spacial score (nSPS) is 15.1. The Labute approximate surface area is 199 Å². The first-order chi connectivity index (χ1) is 15.9. The van der Waals surface area contributed by atoms with Gasteiger partial charge in [0.05, 0.1) is 17.1 Å². The number of benzene rings is 2. The molecule has 1 N–H and O–H groups in total. The second-order valence-electron chi connectivity index (χ2n) is 7.21. The standard InChI is InChI=1S/C22H20ClN5O4S/c1-3-32-20(29)18-13(2)24-21-25-22(33-12-14-4-8-16(23)9-5-14)26-27(21)19(18)15-6-10-17(11-7-15)28(30)31/h4-11,19H,3,12H2,1-2H3,(H,24,25,26)/t19-/m1/s1. The number of thioether (sulfide) groups is 1. The molecule has 0 bridgehead atoms. The molecule has 1 atom stereocenters. The number of nitro groups is 1. The van der Waals surface area contributed by atoms with Crippen molar-refractivity contribution < 1.29 is 14.5 Å². The molecule has 9 nitrogen and oxygen atoms in total. The van der Waals surface area contributed by atoms with E-state index in [1.54, 1.807) is 30.7 Å². The summed E-state index contributed by atoms with van der Waals surface area (Å²) in [5.41, 5.74) is 2.65. The van der Waals surface area contributed by atoms with Gasteiger partial charge in [-0.1, -0.05) is 35.5 Å². The van der Waals surface area contributed by atoms with Crippen molar-refractivity contribution in [2.75, 3.05) is 11.9 Å². The molecule has 0 fully saturated rings. The lowest BCUT2D eigenvalue weighted by molar-refractivity contribution is -0.384. The average molecular weight is 486 g/mol. The predicted octanol–water partition coefficient (Wildman–Crippen LogP) is 4.98. The summed E-state index contributed by atoms with van der Waals surface area (Å²) in [6, 6.07) is 12.9. The van der Waals surface area contributed by atoms with Crippen LogP contribution in [0.25, 0.3) is 0 Å². The summed E-state index contributed by atoms with van der Waals surface area (Å²) in [6.07, 6.45) is 0. The van der Waals surface area contributed by atoms with Crippen LogP contribution in [0.1, 0.15) is 31.0 Å². The zero-order valence-corrected chi connectivity index (χ0v) is 19.4. The molecular formula is C22H20ClN5O4S. The van der Waals surface area contributed by atoms with Gasteiger partial charge in [0.2, 0.25) is 11.1 Å². The van der Waals surface area contributed by atoms with Gasteiger partial charge in [0.15, 0.2) is 0 Å². The molecule has 2 aromatic carbocycles. The van der Waals surface area contributed by atoms with E-state index in [0.717, 1.165) is 5.56 Å². The fraction of sp³-hybridized carbons (Fsp3) is 0.227. The third kappa shape index (κ3) is 4.86. The highest BCUT2D eigenvalue weighted by Gasteiger charge is 2.35. The number of allylic oxidation sites excluding steroid dienone is 1. The molecule has 1 aliphatic heterocycles. The fourth-order valence-corrected chi connectivity index (χ4v) is 4.39. The molecule has 33 heavy (non-hydrogen) atoms. The van der Waals surface area contributed by atoms with Crippen LogP contribution < -0.4 is 5.32 Å². The molecular weight excluding hydrogens is 466 g/mol. The van der Waals surface area contributed by atoms with Crippen LogP contribution in [0.4, 0.5) is 11.6 Å². The van der Waals surface area contributed by atoms with Crippen LogP contribution in [-0.4, -0.2) is 32.3 Å². The third-order valence-electron chi connectivity index (χ3n) is 5.03. The molecule has 0 amide bonds. The summed E-state index contributed by atoms with van der Waals surface area (Å²) in [6.45, 7) is 3.72. The number of rotatable bonds is 7. The van der Waals surface area contributed by atoms with Gasteiger partial charge in [-0.2, -0.15) is 4.98 Å². The highest BCUT2D eigenvalue weighted by atomic mass is 35.5. The van der Waals surface area contributed by atoms with Crippen molar-refractivity contribution in [3.8, 4) is 0 Å². The predicted molar refractivity (Wildman–Crippen MR) is 125 cm³/mol. The Morgan fingerprint density at radius 1 is 1.24 bits per heavy atom. The number of nitrogens with zero attached hydrogens (tertiary/aromatic N) is 4. The van der Waals surface area contributed by atoms with Crippen molar-refractivity contribution in [1.82, 2.24) is 14.8 Å². The van der Waals surface area contributed by atoms with Crippen molar-refractivity contribution >= 4 is 41.0 Å². The lowest BCUT2D eigenvalue weighted by Crippen LogP contribution is -2.29. The highest BCUT2D eigenvalue weighted by molar-refractivity contribution is 7.98. The summed E-state index contributed by atoms with van der Waals surface area (Å²) in [7, 11) is 0. The molecule has 0 spiro atoms. The van der Waals surface area contributed by atoms with E-state index in [4.69, 9.17) is 16.3 Å². The quantitative estimate of drug-likeness (QED) is 0.216. The smallest absolute Gasteiger partial charge is 0.338 e. The van der Waals surface area contributed by atoms with E-state index in [0.29, 0.717) is 38.7 Å². The number of ether oxygens (including phenoxy) is 1. The Bertz CT molecular complexity index is 1220. The van der Waals surface area contributed by atoms with Gasteiger partial charge in [-0.05, 0) is 49.2 Å². The fourth-order valence-electron chi connectivity index (χ4n) is 3.48. The summed E-state index contributed by atoms with van der Waals surface area (Å²) in [5, 5.41) is 20.0. The molecule has 2 heterocycles. The van der Waals surface area contributed by atoms with Crippen molar-refractivity contribution in [3.63, 3.8) is 0 Å². The molecule has 1 aliphatic rings. The maximum absolute atomic E-state index is 12.8. The SMILES string of the molecule is CCOC(=O)C1=C(C)Nc2nc(SCc3ccc(Cl)cc3)nn2[C@@H]1c1ccc([N+](=O)[O-])cc1.